The van der Waals surface area contributed by atoms with Crippen LogP contribution in [0.25, 0.3) is 0 Å². The number of urea groups is 1. The van der Waals surface area contributed by atoms with Gasteiger partial charge in [-0.05, 0) is 44.4 Å². The first kappa shape index (κ1) is 21.9. The first-order chi connectivity index (χ1) is 13.5. The Hall–Kier alpha value is -2.44. The SMILES string of the molecule is CCOc1ccc(C(C)NC(=O)CCNC(=O)NC2CCCCC2)cc1OC. The molecule has 0 heterocycles. The summed E-state index contributed by atoms with van der Waals surface area (Å²) in [5.41, 5.74) is 0.927. The predicted molar refractivity (Wildman–Crippen MR) is 109 cm³/mol. The third-order valence-electron chi connectivity index (χ3n) is 4.94. The molecule has 1 unspecified atom stereocenters. The Labute approximate surface area is 167 Å². The molecule has 7 heteroatoms. The van der Waals surface area contributed by atoms with Gasteiger partial charge < -0.3 is 25.4 Å². The van der Waals surface area contributed by atoms with Gasteiger partial charge in [0.25, 0.3) is 0 Å². The fraction of sp³-hybridized carbons (Fsp3) is 0.619. The first-order valence-electron chi connectivity index (χ1n) is 10.2. The second-order valence-electron chi connectivity index (χ2n) is 7.12. The van der Waals surface area contributed by atoms with Crippen LogP contribution >= 0.6 is 0 Å². The van der Waals surface area contributed by atoms with E-state index in [-0.39, 0.29) is 30.4 Å². The Balaban J connectivity index is 1.73. The summed E-state index contributed by atoms with van der Waals surface area (Å²) in [5.74, 6) is 1.21. The molecule has 2 rings (SSSR count). The van der Waals surface area contributed by atoms with E-state index in [1.54, 1.807) is 7.11 Å². The van der Waals surface area contributed by atoms with Crippen LogP contribution in [0.5, 0.6) is 11.5 Å². The summed E-state index contributed by atoms with van der Waals surface area (Å²) < 4.78 is 10.9. The zero-order valence-electron chi connectivity index (χ0n) is 17.2. The highest BCUT2D eigenvalue weighted by Crippen LogP contribution is 2.30. The van der Waals surface area contributed by atoms with Crippen molar-refractivity contribution in [3.05, 3.63) is 23.8 Å². The van der Waals surface area contributed by atoms with Crippen molar-refractivity contribution in [1.82, 2.24) is 16.0 Å². The molecular formula is C21H33N3O4. The Bertz CT molecular complexity index is 645. The zero-order valence-corrected chi connectivity index (χ0v) is 17.2. The Kier molecular flexibility index (Phi) is 8.91. The van der Waals surface area contributed by atoms with Crippen molar-refractivity contribution in [2.75, 3.05) is 20.3 Å². The normalized spacial score (nSPS) is 15.4. The second-order valence-corrected chi connectivity index (χ2v) is 7.12. The number of nitrogens with one attached hydrogen (secondary N) is 3. The van der Waals surface area contributed by atoms with Gasteiger partial charge in [0.15, 0.2) is 11.5 Å². The minimum Gasteiger partial charge on any atom is -0.493 e. The lowest BCUT2D eigenvalue weighted by molar-refractivity contribution is -0.121. The summed E-state index contributed by atoms with van der Waals surface area (Å²) in [6.45, 7) is 4.70. The number of hydrogen-bond acceptors (Lipinski definition) is 4. The number of methoxy groups -OCH3 is 1. The second kappa shape index (κ2) is 11.4. The van der Waals surface area contributed by atoms with Crippen LogP contribution in [-0.2, 0) is 4.79 Å². The van der Waals surface area contributed by atoms with Crippen LogP contribution in [-0.4, -0.2) is 38.2 Å². The summed E-state index contributed by atoms with van der Waals surface area (Å²) in [6, 6.07) is 5.52. The maximum atomic E-state index is 12.2. The van der Waals surface area contributed by atoms with E-state index in [0.29, 0.717) is 24.7 Å². The molecule has 0 radical (unpaired) electrons. The van der Waals surface area contributed by atoms with Crippen molar-refractivity contribution in [2.45, 2.75) is 64.5 Å². The van der Waals surface area contributed by atoms with E-state index >= 15 is 0 Å². The summed E-state index contributed by atoms with van der Waals surface area (Å²) >= 11 is 0. The number of rotatable bonds is 9. The molecule has 7 nitrogen and oxygen atoms in total. The summed E-state index contributed by atoms with van der Waals surface area (Å²) in [7, 11) is 1.59. The Morgan fingerprint density at radius 2 is 1.93 bits per heavy atom. The van der Waals surface area contributed by atoms with E-state index in [1.165, 1.54) is 19.3 Å². The lowest BCUT2D eigenvalue weighted by Crippen LogP contribution is -2.43. The molecule has 0 saturated heterocycles. The van der Waals surface area contributed by atoms with Crippen molar-refractivity contribution in [3.8, 4) is 11.5 Å². The van der Waals surface area contributed by atoms with Crippen LogP contribution in [0.2, 0.25) is 0 Å². The van der Waals surface area contributed by atoms with E-state index in [9.17, 15) is 9.59 Å². The highest BCUT2D eigenvalue weighted by Gasteiger charge is 2.16. The van der Waals surface area contributed by atoms with Crippen LogP contribution in [0.1, 0.15) is 64.0 Å². The van der Waals surface area contributed by atoms with Gasteiger partial charge in [0.2, 0.25) is 5.91 Å². The van der Waals surface area contributed by atoms with Crippen molar-refractivity contribution < 1.29 is 19.1 Å². The minimum absolute atomic E-state index is 0.113. The van der Waals surface area contributed by atoms with Gasteiger partial charge in [0, 0.05) is 19.0 Å². The van der Waals surface area contributed by atoms with Gasteiger partial charge in [-0.3, -0.25) is 4.79 Å². The molecule has 0 spiro atoms. The number of ether oxygens (including phenoxy) is 2. The fourth-order valence-corrected chi connectivity index (χ4v) is 3.40. The minimum atomic E-state index is -0.191. The number of carbonyl (C=O) groups is 2. The van der Waals surface area contributed by atoms with E-state index < -0.39 is 0 Å². The van der Waals surface area contributed by atoms with Gasteiger partial charge >= 0.3 is 6.03 Å². The molecule has 28 heavy (non-hydrogen) atoms. The topological polar surface area (TPSA) is 88.7 Å². The highest BCUT2D eigenvalue weighted by molar-refractivity contribution is 5.78. The lowest BCUT2D eigenvalue weighted by atomic mass is 9.96. The van der Waals surface area contributed by atoms with Gasteiger partial charge in [-0.1, -0.05) is 25.3 Å². The Morgan fingerprint density at radius 1 is 1.18 bits per heavy atom. The van der Waals surface area contributed by atoms with E-state index in [4.69, 9.17) is 9.47 Å². The molecular weight excluding hydrogens is 358 g/mol. The standard InChI is InChI=1S/C21H33N3O4/c1-4-28-18-11-10-16(14-19(18)27-3)15(2)23-20(25)12-13-22-21(26)24-17-8-6-5-7-9-17/h10-11,14-15,17H,4-9,12-13H2,1-3H3,(H,23,25)(H2,22,24,26). The van der Waals surface area contributed by atoms with Crippen LogP contribution < -0.4 is 25.4 Å². The van der Waals surface area contributed by atoms with Crippen LogP contribution in [0.3, 0.4) is 0 Å². The highest BCUT2D eigenvalue weighted by atomic mass is 16.5. The molecule has 1 aromatic carbocycles. The summed E-state index contributed by atoms with van der Waals surface area (Å²) in [6.07, 6.45) is 5.89. The number of amides is 3. The largest absolute Gasteiger partial charge is 0.493 e. The van der Waals surface area contributed by atoms with Gasteiger partial charge in [-0.15, -0.1) is 0 Å². The molecule has 0 aromatic heterocycles. The van der Waals surface area contributed by atoms with Gasteiger partial charge in [-0.2, -0.15) is 0 Å². The molecule has 3 N–H and O–H groups in total. The van der Waals surface area contributed by atoms with Gasteiger partial charge in [-0.25, -0.2) is 4.79 Å². The van der Waals surface area contributed by atoms with Crippen molar-refractivity contribution >= 4 is 11.9 Å². The maximum Gasteiger partial charge on any atom is 0.315 e. The monoisotopic (exact) mass is 391 g/mol. The third-order valence-corrected chi connectivity index (χ3v) is 4.94. The molecule has 1 aromatic rings. The van der Waals surface area contributed by atoms with Gasteiger partial charge in [0.1, 0.15) is 0 Å². The number of hydrogen-bond donors (Lipinski definition) is 3. The summed E-state index contributed by atoms with van der Waals surface area (Å²) in [4.78, 5) is 24.1. The number of benzene rings is 1. The van der Waals surface area contributed by atoms with Gasteiger partial charge in [0.05, 0.1) is 19.8 Å². The van der Waals surface area contributed by atoms with Crippen molar-refractivity contribution in [2.24, 2.45) is 0 Å². The fourth-order valence-electron chi connectivity index (χ4n) is 3.40. The quantitative estimate of drug-likeness (QED) is 0.603. The molecule has 0 aliphatic heterocycles. The first-order valence-corrected chi connectivity index (χ1v) is 10.2. The molecule has 1 saturated carbocycles. The van der Waals surface area contributed by atoms with Crippen molar-refractivity contribution in [3.63, 3.8) is 0 Å². The third kappa shape index (κ3) is 6.94. The average molecular weight is 392 g/mol. The maximum absolute atomic E-state index is 12.2. The smallest absolute Gasteiger partial charge is 0.315 e. The molecule has 156 valence electrons. The molecule has 1 aliphatic rings. The van der Waals surface area contributed by atoms with E-state index in [0.717, 1.165) is 18.4 Å². The number of carbonyl (C=O) groups excluding carboxylic acids is 2. The molecule has 1 atom stereocenters. The molecule has 0 bridgehead atoms. The van der Waals surface area contributed by atoms with Crippen molar-refractivity contribution in [1.29, 1.82) is 0 Å². The Morgan fingerprint density at radius 3 is 2.61 bits per heavy atom. The van der Waals surface area contributed by atoms with E-state index in [1.807, 2.05) is 32.0 Å². The molecule has 1 fully saturated rings. The van der Waals surface area contributed by atoms with Crippen LogP contribution in [0.4, 0.5) is 4.79 Å². The molecule has 3 amide bonds. The molecule has 1 aliphatic carbocycles. The summed E-state index contributed by atoms with van der Waals surface area (Å²) in [5, 5.41) is 8.69. The zero-order chi connectivity index (χ0) is 20.4. The average Bonchev–Trinajstić information content (AvgIpc) is 2.69. The lowest BCUT2D eigenvalue weighted by Gasteiger charge is -2.22. The van der Waals surface area contributed by atoms with E-state index in [2.05, 4.69) is 16.0 Å². The predicted octanol–water partition coefficient (Wildman–Crippen LogP) is 3.29. The van der Waals surface area contributed by atoms with Crippen LogP contribution in [0, 0.1) is 0 Å². The van der Waals surface area contributed by atoms with Crippen LogP contribution in [0.15, 0.2) is 18.2 Å².